The summed E-state index contributed by atoms with van der Waals surface area (Å²) < 4.78 is 6.78. The number of nitrogen functional groups attached to an aromatic ring is 1. The summed E-state index contributed by atoms with van der Waals surface area (Å²) >= 11 is 0. The third-order valence-corrected chi connectivity index (χ3v) is 3.69. The Morgan fingerprint density at radius 3 is 2.82 bits per heavy atom. The van der Waals surface area contributed by atoms with Gasteiger partial charge >= 0.3 is 5.69 Å². The second-order valence-electron chi connectivity index (χ2n) is 5.04. The van der Waals surface area contributed by atoms with Gasteiger partial charge in [-0.1, -0.05) is 0 Å². The molecule has 3 rings (SSSR count). The molecular formula is C12H15N5O5. The maximum absolute atomic E-state index is 11.4. The number of fused-ring (bicyclic) bond motifs is 1. The molecule has 2 aromatic heterocycles. The van der Waals surface area contributed by atoms with Crippen LogP contribution in [0.3, 0.4) is 0 Å². The predicted octanol–water partition coefficient (Wildman–Crippen LogP) is -2.38. The summed E-state index contributed by atoms with van der Waals surface area (Å²) in [6, 6.07) is 0. The zero-order chi connectivity index (χ0) is 16.0. The number of aromatic nitrogens is 3. The van der Waals surface area contributed by atoms with Gasteiger partial charge in [-0.05, 0) is 0 Å². The topological polar surface area (TPSA) is 170 Å². The van der Waals surface area contributed by atoms with E-state index in [1.54, 1.807) is 0 Å². The van der Waals surface area contributed by atoms with E-state index in [0.29, 0.717) is 10.9 Å². The highest BCUT2D eigenvalue weighted by atomic mass is 16.6. The van der Waals surface area contributed by atoms with E-state index in [-0.39, 0.29) is 11.5 Å². The molecule has 4 atom stereocenters. The van der Waals surface area contributed by atoms with E-state index in [2.05, 4.69) is 9.97 Å². The van der Waals surface area contributed by atoms with Crippen LogP contribution in [0.4, 0.5) is 0 Å². The lowest BCUT2D eigenvalue weighted by Crippen LogP contribution is -2.33. The van der Waals surface area contributed by atoms with Crippen LogP contribution in [0.15, 0.2) is 17.2 Å². The van der Waals surface area contributed by atoms with Gasteiger partial charge in [0.1, 0.15) is 29.8 Å². The van der Waals surface area contributed by atoms with E-state index in [1.807, 2.05) is 0 Å². The second kappa shape index (κ2) is 5.18. The number of aromatic amines is 1. The first kappa shape index (κ1) is 14.7. The Morgan fingerprint density at radius 2 is 2.23 bits per heavy atom. The van der Waals surface area contributed by atoms with Crippen molar-refractivity contribution in [2.45, 2.75) is 24.5 Å². The lowest BCUT2D eigenvalue weighted by atomic mass is 10.1. The van der Waals surface area contributed by atoms with Crippen LogP contribution in [0.5, 0.6) is 0 Å². The summed E-state index contributed by atoms with van der Waals surface area (Å²) in [5.74, 6) is -0.246. The van der Waals surface area contributed by atoms with E-state index in [9.17, 15) is 15.0 Å². The fourth-order valence-electron chi connectivity index (χ4n) is 2.58. The molecule has 0 saturated carbocycles. The van der Waals surface area contributed by atoms with Crippen LogP contribution < -0.4 is 11.4 Å². The molecule has 3 heterocycles. The highest BCUT2D eigenvalue weighted by molar-refractivity contribution is 6.06. The van der Waals surface area contributed by atoms with Gasteiger partial charge in [-0.3, -0.25) is 10.4 Å². The Kier molecular flexibility index (Phi) is 3.45. The fourth-order valence-corrected chi connectivity index (χ4v) is 2.58. The van der Waals surface area contributed by atoms with Crippen LogP contribution in [-0.4, -0.2) is 60.6 Å². The fraction of sp³-hybridized carbons (Fsp3) is 0.417. The molecule has 10 nitrogen and oxygen atoms in total. The summed E-state index contributed by atoms with van der Waals surface area (Å²) in [4.78, 5) is 17.5. The van der Waals surface area contributed by atoms with Gasteiger partial charge in [0.25, 0.3) is 0 Å². The molecule has 7 N–H and O–H groups in total. The molecule has 0 amide bonds. The molecule has 1 fully saturated rings. The molecule has 1 aliphatic rings. The van der Waals surface area contributed by atoms with Gasteiger partial charge in [0, 0.05) is 23.3 Å². The molecule has 0 unspecified atom stereocenters. The van der Waals surface area contributed by atoms with Crippen molar-refractivity contribution in [2.75, 3.05) is 6.61 Å². The molecule has 0 spiro atoms. The van der Waals surface area contributed by atoms with E-state index >= 15 is 0 Å². The molecule has 1 saturated heterocycles. The van der Waals surface area contributed by atoms with Crippen LogP contribution in [0.25, 0.3) is 11.0 Å². The number of nitrogens with zero attached hydrogens (tertiary/aromatic N) is 2. The smallest absolute Gasteiger partial charge is 0.346 e. The number of ether oxygens (including phenoxy) is 1. The van der Waals surface area contributed by atoms with Crippen LogP contribution in [0.1, 0.15) is 11.8 Å². The van der Waals surface area contributed by atoms with E-state index < -0.39 is 36.8 Å². The zero-order valence-corrected chi connectivity index (χ0v) is 11.3. The van der Waals surface area contributed by atoms with Crippen molar-refractivity contribution in [1.29, 1.82) is 5.41 Å². The number of rotatable bonds is 3. The number of hydrogen-bond donors (Lipinski definition) is 6. The number of amidine groups is 1. The van der Waals surface area contributed by atoms with Crippen LogP contribution >= 0.6 is 0 Å². The molecule has 1 aliphatic heterocycles. The minimum Gasteiger partial charge on any atom is -0.394 e. The lowest BCUT2D eigenvalue weighted by Gasteiger charge is -2.17. The van der Waals surface area contributed by atoms with E-state index in [0.717, 1.165) is 0 Å². The normalized spacial score (nSPS) is 28.3. The van der Waals surface area contributed by atoms with E-state index in [1.165, 1.54) is 17.0 Å². The van der Waals surface area contributed by atoms with Gasteiger partial charge in [0.15, 0.2) is 6.23 Å². The third-order valence-electron chi connectivity index (χ3n) is 3.69. The molecular weight excluding hydrogens is 294 g/mol. The second-order valence-corrected chi connectivity index (χ2v) is 5.04. The Balaban J connectivity index is 2.17. The van der Waals surface area contributed by atoms with Gasteiger partial charge in [-0.2, -0.15) is 0 Å². The van der Waals surface area contributed by atoms with Crippen molar-refractivity contribution >= 4 is 16.9 Å². The maximum Gasteiger partial charge on any atom is 0.346 e. The Hall–Kier alpha value is -2.27. The van der Waals surface area contributed by atoms with Gasteiger partial charge in [0.2, 0.25) is 0 Å². The molecule has 22 heavy (non-hydrogen) atoms. The van der Waals surface area contributed by atoms with Gasteiger partial charge < -0.3 is 30.4 Å². The van der Waals surface area contributed by atoms with Crippen LogP contribution in [0.2, 0.25) is 0 Å². The Labute approximate surface area is 123 Å². The Morgan fingerprint density at radius 1 is 1.50 bits per heavy atom. The van der Waals surface area contributed by atoms with Crippen molar-refractivity contribution in [3.63, 3.8) is 0 Å². The molecule has 0 aliphatic carbocycles. The Bertz CT molecular complexity index is 784. The summed E-state index contributed by atoms with van der Waals surface area (Å²) in [6.07, 6.45) is -1.90. The number of nitrogens with one attached hydrogen (secondary N) is 2. The van der Waals surface area contributed by atoms with Gasteiger partial charge in [-0.25, -0.2) is 9.78 Å². The molecule has 118 valence electrons. The molecule has 0 bridgehead atoms. The molecule has 0 aromatic carbocycles. The molecule has 0 radical (unpaired) electrons. The number of aliphatic hydroxyl groups is 3. The van der Waals surface area contributed by atoms with Crippen molar-refractivity contribution in [2.24, 2.45) is 5.73 Å². The average molecular weight is 309 g/mol. The first-order chi connectivity index (χ1) is 10.4. The first-order valence-electron chi connectivity index (χ1n) is 6.50. The molecule has 10 heteroatoms. The van der Waals surface area contributed by atoms with Crippen molar-refractivity contribution in [3.8, 4) is 0 Å². The molecule has 2 aromatic rings. The number of hydrogen-bond acceptors (Lipinski definition) is 7. The van der Waals surface area contributed by atoms with Gasteiger partial charge in [-0.15, -0.1) is 0 Å². The van der Waals surface area contributed by atoms with Crippen LogP contribution in [0, 0.1) is 5.41 Å². The number of aliphatic hydroxyl groups excluding tert-OH is 3. The number of nitrogens with two attached hydrogens (primary N) is 1. The summed E-state index contributed by atoms with van der Waals surface area (Å²) in [7, 11) is 0. The largest absolute Gasteiger partial charge is 0.394 e. The number of H-pyrrole nitrogens is 1. The standard InChI is InChI=1S/C12H15N5O5/c13-9(14)5-2-17(10-4(5)1-15-12(21)16-10)11-8(20)7(19)6(3-18)22-11/h1-2,6-8,11,18-20H,3H2,(H3,13,14)(H,15,16,21)/t6-,7-,8+,11+/m0/s1. The minimum absolute atomic E-state index is 0.246. The highest BCUT2D eigenvalue weighted by Gasteiger charge is 2.44. The predicted molar refractivity (Wildman–Crippen MR) is 74.4 cm³/mol. The van der Waals surface area contributed by atoms with Gasteiger partial charge in [0.05, 0.1) is 6.61 Å². The summed E-state index contributed by atoms with van der Waals surface area (Å²) in [6.45, 7) is -0.467. The van der Waals surface area contributed by atoms with Crippen molar-refractivity contribution in [3.05, 3.63) is 28.4 Å². The first-order valence-corrected chi connectivity index (χ1v) is 6.50. The van der Waals surface area contributed by atoms with Crippen molar-refractivity contribution < 1.29 is 20.1 Å². The monoisotopic (exact) mass is 309 g/mol. The summed E-state index contributed by atoms with van der Waals surface area (Å²) in [5.41, 5.74) is 5.44. The quantitative estimate of drug-likeness (QED) is 0.271. The van der Waals surface area contributed by atoms with E-state index in [4.69, 9.17) is 21.0 Å². The maximum atomic E-state index is 11.4. The summed E-state index contributed by atoms with van der Waals surface area (Å²) in [5, 5.41) is 37.0. The minimum atomic E-state index is -1.32. The zero-order valence-electron chi connectivity index (χ0n) is 11.3. The van der Waals surface area contributed by atoms with Crippen LogP contribution in [-0.2, 0) is 4.74 Å². The highest BCUT2D eigenvalue weighted by Crippen LogP contribution is 2.32. The average Bonchev–Trinajstić information content (AvgIpc) is 2.98. The third kappa shape index (κ3) is 2.09. The lowest BCUT2D eigenvalue weighted by molar-refractivity contribution is -0.0508. The van der Waals surface area contributed by atoms with Crippen molar-refractivity contribution in [1.82, 2.24) is 14.5 Å². The SMILES string of the molecule is N=C(N)c1cn([C@@H]2O[C@@H](CO)[C@H](O)[C@H]2O)c2[nH]c(=O)ncc12.